The summed E-state index contributed by atoms with van der Waals surface area (Å²) in [5.41, 5.74) is 3.98. The van der Waals surface area contributed by atoms with E-state index >= 15 is 0 Å². The number of fused-ring (bicyclic) bond motifs is 1. The van der Waals surface area contributed by atoms with Crippen LogP contribution >= 0.6 is 11.3 Å². The Hall–Kier alpha value is -2.67. The van der Waals surface area contributed by atoms with Gasteiger partial charge in [-0.25, -0.2) is 0 Å². The molecule has 0 amide bonds. The number of nitrogens with zero attached hydrogens (tertiary/aromatic N) is 1. The molecule has 5 nitrogen and oxygen atoms in total. The van der Waals surface area contributed by atoms with E-state index in [0.717, 1.165) is 40.1 Å². The van der Waals surface area contributed by atoms with Crippen LogP contribution in [0.1, 0.15) is 18.9 Å². The van der Waals surface area contributed by atoms with Crippen LogP contribution in [-0.4, -0.2) is 35.6 Å². The van der Waals surface area contributed by atoms with E-state index in [1.165, 1.54) is 5.56 Å². The number of aliphatic hydroxyl groups excluding tert-OH is 1. The summed E-state index contributed by atoms with van der Waals surface area (Å²) in [4.78, 5) is 0. The molecule has 2 atom stereocenters. The third-order valence-electron chi connectivity index (χ3n) is 5.06. The first-order valence-corrected chi connectivity index (χ1v) is 11.1. The standard InChI is InChI=1S/C24H26N2O3S/c1-17(7-8-18-5-3-2-4-6-18)25-15-20(27)16-28-21-11-9-19(10-12-21)23-24-22(29-26-23)13-14-30-24/h2-6,9-14,17,20,25,27H,7-8,15-16H2,1H3. The quantitative estimate of drug-likeness (QED) is 0.380. The molecule has 2 aromatic carbocycles. The number of nitrogens with one attached hydrogen (secondary N) is 1. The van der Waals surface area contributed by atoms with Crippen LogP contribution in [0, 0.1) is 0 Å². The first kappa shape index (κ1) is 20.6. The van der Waals surface area contributed by atoms with Gasteiger partial charge in [-0.2, -0.15) is 0 Å². The summed E-state index contributed by atoms with van der Waals surface area (Å²) >= 11 is 1.62. The Bertz CT molecular complexity index is 1040. The minimum atomic E-state index is -0.565. The number of aliphatic hydroxyl groups is 1. The zero-order valence-corrected chi connectivity index (χ0v) is 17.8. The normalized spacial score (nSPS) is 13.4. The predicted molar refractivity (Wildman–Crippen MR) is 121 cm³/mol. The molecule has 0 bridgehead atoms. The van der Waals surface area contributed by atoms with E-state index in [-0.39, 0.29) is 6.61 Å². The van der Waals surface area contributed by atoms with E-state index in [1.807, 2.05) is 41.8 Å². The van der Waals surface area contributed by atoms with Gasteiger partial charge >= 0.3 is 0 Å². The van der Waals surface area contributed by atoms with Crippen LogP contribution in [0.4, 0.5) is 0 Å². The minimum absolute atomic E-state index is 0.247. The predicted octanol–water partition coefficient (Wildman–Crippen LogP) is 4.91. The highest BCUT2D eigenvalue weighted by molar-refractivity contribution is 7.17. The maximum absolute atomic E-state index is 10.2. The monoisotopic (exact) mass is 422 g/mol. The van der Waals surface area contributed by atoms with Crippen LogP contribution in [0.25, 0.3) is 21.5 Å². The molecule has 2 N–H and O–H groups in total. The Morgan fingerprint density at radius 2 is 1.90 bits per heavy atom. The van der Waals surface area contributed by atoms with Crippen LogP contribution in [0.15, 0.2) is 70.6 Å². The zero-order valence-electron chi connectivity index (χ0n) is 17.0. The Labute approximate surface area is 180 Å². The molecule has 0 fully saturated rings. The van der Waals surface area contributed by atoms with Crippen LogP contribution in [-0.2, 0) is 6.42 Å². The average molecular weight is 423 g/mol. The number of hydrogen-bond donors (Lipinski definition) is 2. The molecule has 156 valence electrons. The van der Waals surface area contributed by atoms with Crippen molar-refractivity contribution in [2.24, 2.45) is 0 Å². The minimum Gasteiger partial charge on any atom is -0.491 e. The second-order valence-corrected chi connectivity index (χ2v) is 8.38. The van der Waals surface area contributed by atoms with Gasteiger partial charge < -0.3 is 19.7 Å². The maximum atomic E-state index is 10.2. The van der Waals surface area contributed by atoms with E-state index in [2.05, 4.69) is 41.7 Å². The van der Waals surface area contributed by atoms with Crippen molar-refractivity contribution in [2.45, 2.75) is 31.9 Å². The summed E-state index contributed by atoms with van der Waals surface area (Å²) in [5.74, 6) is 0.723. The van der Waals surface area contributed by atoms with Gasteiger partial charge in [-0.1, -0.05) is 35.5 Å². The molecule has 2 heterocycles. The highest BCUT2D eigenvalue weighted by atomic mass is 32.1. The molecule has 0 saturated heterocycles. The molecule has 4 aromatic rings. The molecule has 0 saturated carbocycles. The topological polar surface area (TPSA) is 67.5 Å². The second kappa shape index (κ2) is 9.89. The Morgan fingerprint density at radius 3 is 2.70 bits per heavy atom. The summed E-state index contributed by atoms with van der Waals surface area (Å²) in [5, 5.41) is 19.8. The molecule has 4 rings (SSSR count). The Morgan fingerprint density at radius 1 is 1.10 bits per heavy atom. The molecule has 0 radical (unpaired) electrons. The lowest BCUT2D eigenvalue weighted by Crippen LogP contribution is -2.36. The number of benzene rings is 2. The van der Waals surface area contributed by atoms with Gasteiger partial charge in [-0.3, -0.25) is 0 Å². The summed E-state index contributed by atoms with van der Waals surface area (Å²) in [6.45, 7) is 2.89. The molecular weight excluding hydrogens is 396 g/mol. The third-order valence-corrected chi connectivity index (χ3v) is 5.96. The molecular formula is C24H26N2O3S. The van der Waals surface area contributed by atoms with Gasteiger partial charge in [-0.15, -0.1) is 11.3 Å². The molecule has 0 aliphatic carbocycles. The van der Waals surface area contributed by atoms with E-state index in [9.17, 15) is 5.11 Å². The summed E-state index contributed by atoms with van der Waals surface area (Å²) < 4.78 is 12.1. The number of ether oxygens (including phenoxy) is 1. The van der Waals surface area contributed by atoms with Crippen LogP contribution < -0.4 is 10.1 Å². The first-order chi connectivity index (χ1) is 14.7. The van der Waals surface area contributed by atoms with E-state index < -0.39 is 6.10 Å². The molecule has 30 heavy (non-hydrogen) atoms. The van der Waals surface area contributed by atoms with Crippen molar-refractivity contribution < 1.29 is 14.4 Å². The van der Waals surface area contributed by atoms with Gasteiger partial charge in [-0.05, 0) is 61.0 Å². The SMILES string of the molecule is CC(CCc1ccccc1)NCC(O)COc1ccc(-c2noc3ccsc23)cc1. The Kier molecular flexibility index (Phi) is 6.79. The van der Waals surface area contributed by atoms with Crippen LogP contribution in [0.3, 0.4) is 0 Å². The summed E-state index contributed by atoms with van der Waals surface area (Å²) in [6.07, 6.45) is 1.49. The van der Waals surface area contributed by atoms with Gasteiger partial charge in [0, 0.05) is 18.2 Å². The highest BCUT2D eigenvalue weighted by Crippen LogP contribution is 2.32. The van der Waals surface area contributed by atoms with Gasteiger partial charge in [0.2, 0.25) is 0 Å². The van der Waals surface area contributed by atoms with Gasteiger partial charge in [0.15, 0.2) is 5.58 Å². The lowest BCUT2D eigenvalue weighted by atomic mass is 10.1. The van der Waals surface area contributed by atoms with E-state index in [1.54, 1.807) is 11.3 Å². The maximum Gasteiger partial charge on any atom is 0.178 e. The van der Waals surface area contributed by atoms with Crippen molar-refractivity contribution in [3.05, 3.63) is 71.6 Å². The van der Waals surface area contributed by atoms with E-state index in [4.69, 9.17) is 9.26 Å². The first-order valence-electron chi connectivity index (χ1n) is 10.2. The fourth-order valence-electron chi connectivity index (χ4n) is 3.29. The molecule has 2 unspecified atom stereocenters. The van der Waals surface area contributed by atoms with Crippen molar-refractivity contribution in [1.29, 1.82) is 0 Å². The summed E-state index contributed by atoms with van der Waals surface area (Å²) in [7, 11) is 0. The number of thiophene rings is 1. The van der Waals surface area contributed by atoms with Crippen molar-refractivity contribution in [3.8, 4) is 17.0 Å². The number of aryl methyl sites for hydroxylation is 1. The number of rotatable bonds is 10. The Balaban J connectivity index is 1.20. The summed E-state index contributed by atoms with van der Waals surface area (Å²) in [6, 6.07) is 20.4. The van der Waals surface area contributed by atoms with Gasteiger partial charge in [0.1, 0.15) is 28.9 Å². The zero-order chi connectivity index (χ0) is 20.8. The van der Waals surface area contributed by atoms with Crippen molar-refractivity contribution >= 4 is 21.6 Å². The van der Waals surface area contributed by atoms with E-state index in [0.29, 0.717) is 12.6 Å². The van der Waals surface area contributed by atoms with Crippen LogP contribution in [0.2, 0.25) is 0 Å². The van der Waals surface area contributed by atoms with Crippen molar-refractivity contribution in [2.75, 3.05) is 13.2 Å². The van der Waals surface area contributed by atoms with Crippen molar-refractivity contribution in [3.63, 3.8) is 0 Å². The largest absolute Gasteiger partial charge is 0.491 e. The third kappa shape index (κ3) is 5.27. The van der Waals surface area contributed by atoms with Gasteiger partial charge in [0.25, 0.3) is 0 Å². The lowest BCUT2D eigenvalue weighted by Gasteiger charge is -2.17. The number of hydrogen-bond acceptors (Lipinski definition) is 6. The fraction of sp³-hybridized carbons (Fsp3) is 0.292. The van der Waals surface area contributed by atoms with Crippen LogP contribution in [0.5, 0.6) is 5.75 Å². The second-order valence-electron chi connectivity index (χ2n) is 7.47. The molecule has 0 spiro atoms. The molecule has 0 aliphatic rings. The average Bonchev–Trinajstić information content (AvgIpc) is 3.40. The fourth-order valence-corrected chi connectivity index (χ4v) is 4.11. The van der Waals surface area contributed by atoms with Crippen molar-refractivity contribution in [1.82, 2.24) is 10.5 Å². The highest BCUT2D eigenvalue weighted by Gasteiger charge is 2.12. The molecule has 6 heteroatoms. The van der Waals surface area contributed by atoms with Gasteiger partial charge in [0.05, 0.1) is 0 Å². The number of aromatic nitrogens is 1. The smallest absolute Gasteiger partial charge is 0.178 e. The lowest BCUT2D eigenvalue weighted by molar-refractivity contribution is 0.104. The molecule has 2 aromatic heterocycles. The molecule has 0 aliphatic heterocycles.